The summed E-state index contributed by atoms with van der Waals surface area (Å²) in [5, 5.41) is 10.3. The van der Waals surface area contributed by atoms with E-state index >= 15 is 0 Å². The summed E-state index contributed by atoms with van der Waals surface area (Å²) >= 11 is 0. The highest BCUT2D eigenvalue weighted by molar-refractivity contribution is 5.93. The minimum atomic E-state index is -0.233. The van der Waals surface area contributed by atoms with Crippen molar-refractivity contribution in [2.24, 2.45) is 5.92 Å². The van der Waals surface area contributed by atoms with Crippen LogP contribution in [0, 0.1) is 5.92 Å². The number of pyridine rings is 1. The van der Waals surface area contributed by atoms with E-state index in [0.717, 1.165) is 5.69 Å². The van der Waals surface area contributed by atoms with Gasteiger partial charge in [0.25, 0.3) is 0 Å². The molecule has 0 saturated carbocycles. The van der Waals surface area contributed by atoms with Crippen molar-refractivity contribution < 1.29 is 9.59 Å². The Hall–Kier alpha value is -2.70. The summed E-state index contributed by atoms with van der Waals surface area (Å²) in [7, 11) is 0. The third-order valence-corrected chi connectivity index (χ3v) is 4.23. The van der Waals surface area contributed by atoms with Crippen molar-refractivity contribution in [2.45, 2.75) is 39.0 Å². The molecule has 2 N–H and O–H groups in total. The molecule has 3 rings (SSSR count). The predicted molar refractivity (Wildman–Crippen MR) is 94.4 cm³/mol. The topological polar surface area (TPSA) is 88.9 Å². The first kappa shape index (κ1) is 17.1. The third-order valence-electron chi connectivity index (χ3n) is 4.23. The molecule has 1 saturated heterocycles. The maximum Gasteiger partial charge on any atom is 0.230 e. The molecular formula is C18H23N5O2. The SMILES string of the molecule is CC(C)(C)c1cc(NC(=O)C2CCC(=O)NC2)n(-c2ccccn2)n1. The van der Waals surface area contributed by atoms with E-state index in [0.29, 0.717) is 31.0 Å². The highest BCUT2D eigenvalue weighted by Gasteiger charge is 2.27. The van der Waals surface area contributed by atoms with E-state index < -0.39 is 0 Å². The number of hydrogen-bond donors (Lipinski definition) is 2. The molecule has 7 heteroatoms. The molecule has 3 heterocycles. The number of amides is 2. The maximum absolute atomic E-state index is 12.6. The van der Waals surface area contributed by atoms with Gasteiger partial charge in [-0.3, -0.25) is 9.59 Å². The monoisotopic (exact) mass is 341 g/mol. The van der Waals surface area contributed by atoms with Crippen LogP contribution in [-0.2, 0) is 15.0 Å². The van der Waals surface area contributed by atoms with Crippen LogP contribution < -0.4 is 10.6 Å². The standard InChI is InChI=1S/C18H23N5O2/c1-18(2,3)13-10-15(23(22-13)14-6-4-5-9-19-14)21-17(25)12-7-8-16(24)20-11-12/h4-6,9-10,12H,7-8,11H2,1-3H3,(H,20,24)(H,21,25). The lowest BCUT2D eigenvalue weighted by Gasteiger charge is -2.21. The largest absolute Gasteiger partial charge is 0.355 e. The van der Waals surface area contributed by atoms with E-state index in [2.05, 4.69) is 41.5 Å². The van der Waals surface area contributed by atoms with Gasteiger partial charge < -0.3 is 10.6 Å². The second-order valence-electron chi connectivity index (χ2n) is 7.29. The average Bonchev–Trinajstić information content (AvgIpc) is 3.00. The van der Waals surface area contributed by atoms with Gasteiger partial charge in [-0.2, -0.15) is 9.78 Å². The molecule has 25 heavy (non-hydrogen) atoms. The van der Waals surface area contributed by atoms with Crippen LogP contribution in [0.4, 0.5) is 5.82 Å². The van der Waals surface area contributed by atoms with Crippen molar-refractivity contribution in [3.05, 3.63) is 36.2 Å². The molecule has 0 bridgehead atoms. The van der Waals surface area contributed by atoms with Gasteiger partial charge >= 0.3 is 0 Å². The molecule has 0 spiro atoms. The molecule has 0 aromatic carbocycles. The molecule has 1 fully saturated rings. The van der Waals surface area contributed by atoms with Crippen LogP contribution in [0.2, 0.25) is 0 Å². The fraction of sp³-hybridized carbons (Fsp3) is 0.444. The van der Waals surface area contributed by atoms with Crippen molar-refractivity contribution in [1.82, 2.24) is 20.1 Å². The highest BCUT2D eigenvalue weighted by atomic mass is 16.2. The van der Waals surface area contributed by atoms with Gasteiger partial charge in [0.15, 0.2) is 5.82 Å². The predicted octanol–water partition coefficient (Wildman–Crippen LogP) is 2.03. The Kier molecular flexibility index (Phi) is 4.57. The van der Waals surface area contributed by atoms with Crippen molar-refractivity contribution in [2.75, 3.05) is 11.9 Å². The summed E-state index contributed by atoms with van der Waals surface area (Å²) in [6, 6.07) is 7.44. The van der Waals surface area contributed by atoms with Crippen molar-refractivity contribution in [3.8, 4) is 5.82 Å². The van der Waals surface area contributed by atoms with Crippen LogP contribution >= 0.6 is 0 Å². The molecule has 0 aliphatic carbocycles. The number of hydrogen-bond acceptors (Lipinski definition) is 4. The summed E-state index contributed by atoms with van der Waals surface area (Å²) in [5.41, 5.74) is 0.712. The zero-order valence-electron chi connectivity index (χ0n) is 14.7. The summed E-state index contributed by atoms with van der Waals surface area (Å²) < 4.78 is 1.65. The maximum atomic E-state index is 12.6. The van der Waals surface area contributed by atoms with Crippen LogP contribution in [0.1, 0.15) is 39.3 Å². The van der Waals surface area contributed by atoms with Gasteiger partial charge in [-0.1, -0.05) is 26.8 Å². The van der Waals surface area contributed by atoms with E-state index in [1.807, 2.05) is 24.3 Å². The summed E-state index contributed by atoms with van der Waals surface area (Å²) in [6.45, 7) is 6.58. The Morgan fingerprint density at radius 2 is 2.16 bits per heavy atom. The van der Waals surface area contributed by atoms with Crippen LogP contribution in [-0.4, -0.2) is 33.1 Å². The number of carbonyl (C=O) groups is 2. The van der Waals surface area contributed by atoms with E-state index in [1.54, 1.807) is 10.9 Å². The summed E-state index contributed by atoms with van der Waals surface area (Å²) in [6.07, 6.45) is 2.63. The van der Waals surface area contributed by atoms with Gasteiger partial charge in [0.05, 0.1) is 11.6 Å². The number of nitrogens with one attached hydrogen (secondary N) is 2. The molecule has 2 amide bonds. The fourth-order valence-electron chi connectivity index (χ4n) is 2.68. The van der Waals surface area contributed by atoms with E-state index in [1.165, 1.54) is 0 Å². The Morgan fingerprint density at radius 3 is 2.76 bits per heavy atom. The highest BCUT2D eigenvalue weighted by Crippen LogP contribution is 2.26. The molecular weight excluding hydrogens is 318 g/mol. The van der Waals surface area contributed by atoms with Crippen molar-refractivity contribution >= 4 is 17.6 Å². The number of piperidine rings is 1. The molecule has 2 aromatic rings. The Morgan fingerprint density at radius 1 is 1.36 bits per heavy atom. The molecule has 1 atom stereocenters. The van der Waals surface area contributed by atoms with E-state index in [-0.39, 0.29) is 23.1 Å². The summed E-state index contributed by atoms with van der Waals surface area (Å²) in [4.78, 5) is 28.2. The lowest BCUT2D eigenvalue weighted by Crippen LogP contribution is -2.40. The molecule has 132 valence electrons. The zero-order valence-corrected chi connectivity index (χ0v) is 14.7. The van der Waals surface area contributed by atoms with Crippen LogP contribution in [0.3, 0.4) is 0 Å². The number of nitrogens with zero attached hydrogens (tertiary/aromatic N) is 3. The van der Waals surface area contributed by atoms with Gasteiger partial charge in [0, 0.05) is 30.6 Å². The van der Waals surface area contributed by atoms with Crippen LogP contribution in [0.25, 0.3) is 5.82 Å². The second kappa shape index (κ2) is 6.66. The minimum absolute atomic E-state index is 0.00223. The van der Waals surface area contributed by atoms with Crippen LogP contribution in [0.15, 0.2) is 30.5 Å². The van der Waals surface area contributed by atoms with Crippen LogP contribution in [0.5, 0.6) is 0 Å². The van der Waals surface area contributed by atoms with Gasteiger partial charge in [0.2, 0.25) is 11.8 Å². The number of carbonyl (C=O) groups excluding carboxylic acids is 2. The minimum Gasteiger partial charge on any atom is -0.355 e. The van der Waals surface area contributed by atoms with E-state index in [4.69, 9.17) is 0 Å². The molecule has 2 aromatic heterocycles. The summed E-state index contributed by atoms with van der Waals surface area (Å²) in [5.74, 6) is 0.883. The van der Waals surface area contributed by atoms with Gasteiger partial charge in [-0.15, -0.1) is 0 Å². The fourth-order valence-corrected chi connectivity index (χ4v) is 2.68. The number of aromatic nitrogens is 3. The first-order valence-electron chi connectivity index (χ1n) is 8.44. The third kappa shape index (κ3) is 3.87. The average molecular weight is 341 g/mol. The van der Waals surface area contributed by atoms with Gasteiger partial charge in [0.1, 0.15) is 5.82 Å². The number of anilines is 1. The number of rotatable bonds is 3. The zero-order chi connectivity index (χ0) is 18.0. The Balaban J connectivity index is 1.88. The quantitative estimate of drug-likeness (QED) is 0.894. The lowest BCUT2D eigenvalue weighted by molar-refractivity contribution is -0.126. The molecule has 1 aliphatic rings. The first-order chi connectivity index (χ1) is 11.8. The first-order valence-corrected chi connectivity index (χ1v) is 8.44. The molecule has 7 nitrogen and oxygen atoms in total. The normalized spacial score (nSPS) is 17.9. The molecule has 0 radical (unpaired) electrons. The van der Waals surface area contributed by atoms with Crippen molar-refractivity contribution in [3.63, 3.8) is 0 Å². The van der Waals surface area contributed by atoms with Crippen molar-refractivity contribution in [1.29, 1.82) is 0 Å². The molecule has 1 aliphatic heterocycles. The second-order valence-corrected chi connectivity index (χ2v) is 7.29. The Labute approximate surface area is 146 Å². The van der Waals surface area contributed by atoms with Gasteiger partial charge in [-0.25, -0.2) is 4.98 Å². The van der Waals surface area contributed by atoms with E-state index in [9.17, 15) is 9.59 Å². The smallest absolute Gasteiger partial charge is 0.230 e. The van der Waals surface area contributed by atoms with Gasteiger partial charge in [-0.05, 0) is 18.6 Å². The lowest BCUT2D eigenvalue weighted by atomic mass is 9.92. The molecule has 1 unspecified atom stereocenters. The Bertz CT molecular complexity index is 767.